The minimum absolute atomic E-state index is 0.210. The zero-order chi connectivity index (χ0) is 11.6. The molecule has 0 atom stereocenters. The Morgan fingerprint density at radius 2 is 2.00 bits per heavy atom. The highest BCUT2D eigenvalue weighted by Gasteiger charge is 2.13. The van der Waals surface area contributed by atoms with E-state index in [0.29, 0.717) is 5.69 Å². The first-order valence-corrected chi connectivity index (χ1v) is 6.21. The normalized spacial score (nSPS) is 11.8. The van der Waals surface area contributed by atoms with Crippen LogP contribution in [0.3, 0.4) is 0 Å². The van der Waals surface area contributed by atoms with Gasteiger partial charge < -0.3 is 0 Å². The fourth-order valence-electron chi connectivity index (χ4n) is 0.800. The molecule has 84 valence electrons. The standard InChI is InChI=1S/C8H10BrFN2O2S/c1-12(2)15(13,14)11-6-3-4-8(10)7(9)5-6/h3-5,11H,1-2H3. The summed E-state index contributed by atoms with van der Waals surface area (Å²) in [6.07, 6.45) is 0. The second kappa shape index (κ2) is 4.46. The molecule has 1 aromatic rings. The first-order valence-electron chi connectivity index (χ1n) is 3.98. The fraction of sp³-hybridized carbons (Fsp3) is 0.250. The number of hydrogen-bond donors (Lipinski definition) is 1. The summed E-state index contributed by atoms with van der Waals surface area (Å²) in [6, 6.07) is 3.88. The van der Waals surface area contributed by atoms with Gasteiger partial charge in [-0.05, 0) is 34.1 Å². The van der Waals surface area contributed by atoms with Gasteiger partial charge in [-0.25, -0.2) is 4.39 Å². The molecular weight excluding hydrogens is 287 g/mol. The van der Waals surface area contributed by atoms with Crippen molar-refractivity contribution < 1.29 is 12.8 Å². The van der Waals surface area contributed by atoms with Gasteiger partial charge in [0.2, 0.25) is 0 Å². The van der Waals surface area contributed by atoms with E-state index in [2.05, 4.69) is 20.7 Å². The zero-order valence-corrected chi connectivity index (χ0v) is 10.6. The number of nitrogens with one attached hydrogen (secondary N) is 1. The predicted molar refractivity (Wildman–Crippen MR) is 60.3 cm³/mol. The number of halogens is 2. The Balaban J connectivity index is 2.96. The van der Waals surface area contributed by atoms with Crippen molar-refractivity contribution in [1.82, 2.24) is 4.31 Å². The molecule has 0 aliphatic carbocycles. The molecule has 0 heterocycles. The molecule has 0 amide bonds. The van der Waals surface area contributed by atoms with Crippen LogP contribution in [-0.4, -0.2) is 26.8 Å². The molecule has 0 fully saturated rings. The fourth-order valence-corrected chi connectivity index (χ4v) is 1.79. The van der Waals surface area contributed by atoms with Crippen LogP contribution >= 0.6 is 15.9 Å². The molecule has 15 heavy (non-hydrogen) atoms. The number of nitrogens with zero attached hydrogens (tertiary/aromatic N) is 1. The first-order chi connectivity index (χ1) is 6.83. The molecule has 0 aliphatic rings. The van der Waals surface area contributed by atoms with Crippen molar-refractivity contribution in [3.8, 4) is 0 Å². The third-order valence-electron chi connectivity index (χ3n) is 1.65. The second-order valence-electron chi connectivity index (χ2n) is 3.02. The van der Waals surface area contributed by atoms with Crippen LogP contribution in [0.4, 0.5) is 10.1 Å². The summed E-state index contributed by atoms with van der Waals surface area (Å²) in [7, 11) is -0.733. The molecule has 4 nitrogen and oxygen atoms in total. The van der Waals surface area contributed by atoms with Crippen LogP contribution in [0.1, 0.15) is 0 Å². The maximum atomic E-state index is 12.9. The summed E-state index contributed by atoms with van der Waals surface area (Å²) in [5, 5.41) is 0. The lowest BCUT2D eigenvalue weighted by atomic mass is 10.3. The summed E-state index contributed by atoms with van der Waals surface area (Å²) in [5.74, 6) is -0.442. The summed E-state index contributed by atoms with van der Waals surface area (Å²) in [4.78, 5) is 0. The Kier molecular flexibility index (Phi) is 3.69. The van der Waals surface area contributed by atoms with Crippen molar-refractivity contribution in [3.63, 3.8) is 0 Å². The van der Waals surface area contributed by atoms with Crippen molar-refractivity contribution in [2.75, 3.05) is 18.8 Å². The van der Waals surface area contributed by atoms with Crippen molar-refractivity contribution in [1.29, 1.82) is 0 Å². The monoisotopic (exact) mass is 296 g/mol. The topological polar surface area (TPSA) is 49.4 Å². The summed E-state index contributed by atoms with van der Waals surface area (Å²) < 4.78 is 39.2. The van der Waals surface area contributed by atoms with Gasteiger partial charge in [0.15, 0.2) is 0 Å². The average Bonchev–Trinajstić information content (AvgIpc) is 2.10. The highest BCUT2D eigenvalue weighted by molar-refractivity contribution is 9.10. The first kappa shape index (κ1) is 12.4. The molecule has 0 unspecified atom stereocenters. The Morgan fingerprint density at radius 1 is 1.40 bits per heavy atom. The van der Waals surface area contributed by atoms with Gasteiger partial charge in [-0.2, -0.15) is 12.7 Å². The molecule has 1 N–H and O–H groups in total. The minimum Gasteiger partial charge on any atom is -0.271 e. The van der Waals surface area contributed by atoms with E-state index >= 15 is 0 Å². The Labute approximate surface area is 96.4 Å². The summed E-state index contributed by atoms with van der Waals surface area (Å²) in [5.41, 5.74) is 0.303. The summed E-state index contributed by atoms with van der Waals surface area (Å²) >= 11 is 2.97. The van der Waals surface area contributed by atoms with E-state index in [1.54, 1.807) is 0 Å². The minimum atomic E-state index is -3.54. The van der Waals surface area contributed by atoms with Crippen LogP contribution < -0.4 is 4.72 Å². The van der Waals surface area contributed by atoms with E-state index in [0.717, 1.165) is 4.31 Å². The molecular formula is C8H10BrFN2O2S. The van der Waals surface area contributed by atoms with E-state index in [1.165, 1.54) is 32.3 Å². The molecule has 0 spiro atoms. The molecule has 1 aromatic carbocycles. The van der Waals surface area contributed by atoms with Crippen molar-refractivity contribution in [3.05, 3.63) is 28.5 Å². The average molecular weight is 297 g/mol. The second-order valence-corrected chi connectivity index (χ2v) is 5.76. The van der Waals surface area contributed by atoms with Crippen molar-refractivity contribution in [2.24, 2.45) is 0 Å². The highest BCUT2D eigenvalue weighted by Crippen LogP contribution is 2.20. The lowest BCUT2D eigenvalue weighted by Crippen LogP contribution is -2.28. The van der Waals surface area contributed by atoms with E-state index < -0.39 is 16.0 Å². The molecule has 0 saturated carbocycles. The third-order valence-corrected chi connectivity index (χ3v) is 3.71. The number of benzene rings is 1. The van der Waals surface area contributed by atoms with Crippen LogP contribution in [-0.2, 0) is 10.2 Å². The summed E-state index contributed by atoms with van der Waals surface area (Å²) in [6.45, 7) is 0. The maximum absolute atomic E-state index is 12.9. The lowest BCUT2D eigenvalue weighted by Gasteiger charge is -2.13. The van der Waals surface area contributed by atoms with Crippen LogP contribution in [0.25, 0.3) is 0 Å². The van der Waals surface area contributed by atoms with Gasteiger partial charge in [0.05, 0.1) is 10.2 Å². The molecule has 0 radical (unpaired) electrons. The Bertz CT molecular complexity index is 462. The molecule has 0 saturated heterocycles. The van der Waals surface area contributed by atoms with E-state index in [-0.39, 0.29) is 4.47 Å². The Morgan fingerprint density at radius 3 is 2.47 bits per heavy atom. The van der Waals surface area contributed by atoms with Crippen LogP contribution in [0.5, 0.6) is 0 Å². The van der Waals surface area contributed by atoms with Gasteiger partial charge in [0, 0.05) is 14.1 Å². The zero-order valence-electron chi connectivity index (χ0n) is 8.16. The maximum Gasteiger partial charge on any atom is 0.301 e. The smallest absolute Gasteiger partial charge is 0.271 e. The van der Waals surface area contributed by atoms with E-state index in [1.807, 2.05) is 0 Å². The van der Waals surface area contributed by atoms with Crippen molar-refractivity contribution in [2.45, 2.75) is 0 Å². The number of hydrogen-bond acceptors (Lipinski definition) is 2. The van der Waals surface area contributed by atoms with Crippen LogP contribution in [0.2, 0.25) is 0 Å². The van der Waals surface area contributed by atoms with Gasteiger partial charge >= 0.3 is 10.2 Å². The van der Waals surface area contributed by atoms with Gasteiger partial charge in [-0.3, -0.25) is 4.72 Å². The van der Waals surface area contributed by atoms with Gasteiger partial charge in [-0.15, -0.1) is 0 Å². The molecule has 0 bridgehead atoms. The predicted octanol–water partition coefficient (Wildman–Crippen LogP) is 1.81. The van der Waals surface area contributed by atoms with E-state index in [9.17, 15) is 12.8 Å². The van der Waals surface area contributed by atoms with Crippen LogP contribution in [0, 0.1) is 5.82 Å². The molecule has 0 aliphatic heterocycles. The SMILES string of the molecule is CN(C)S(=O)(=O)Nc1ccc(F)c(Br)c1. The highest BCUT2D eigenvalue weighted by atomic mass is 79.9. The van der Waals surface area contributed by atoms with Gasteiger partial charge in [0.1, 0.15) is 5.82 Å². The number of rotatable bonds is 3. The van der Waals surface area contributed by atoms with E-state index in [4.69, 9.17) is 0 Å². The third kappa shape index (κ3) is 3.15. The molecule has 0 aromatic heterocycles. The molecule has 7 heteroatoms. The van der Waals surface area contributed by atoms with Gasteiger partial charge in [-0.1, -0.05) is 0 Å². The Hall–Kier alpha value is -0.660. The number of anilines is 1. The van der Waals surface area contributed by atoms with Crippen molar-refractivity contribution >= 4 is 31.8 Å². The van der Waals surface area contributed by atoms with Gasteiger partial charge in [0.25, 0.3) is 0 Å². The lowest BCUT2D eigenvalue weighted by molar-refractivity contribution is 0.526. The largest absolute Gasteiger partial charge is 0.301 e. The molecule has 1 rings (SSSR count). The quantitative estimate of drug-likeness (QED) is 0.925. The van der Waals surface area contributed by atoms with Crippen LogP contribution in [0.15, 0.2) is 22.7 Å².